The van der Waals surface area contributed by atoms with Gasteiger partial charge in [0.1, 0.15) is 16.5 Å². The summed E-state index contributed by atoms with van der Waals surface area (Å²) in [5.41, 5.74) is 1.47. The Morgan fingerprint density at radius 3 is 2.15 bits per heavy atom. The van der Waals surface area contributed by atoms with Gasteiger partial charge in [-0.25, -0.2) is 4.90 Å². The minimum atomic E-state index is -0.607. The maximum Gasteiger partial charge on any atom is 0.283 e. The van der Waals surface area contributed by atoms with Crippen LogP contribution in [0.25, 0.3) is 0 Å². The minimum absolute atomic E-state index is 0.0111. The predicted octanol–water partition coefficient (Wildman–Crippen LogP) is 3.33. The summed E-state index contributed by atoms with van der Waals surface area (Å²) in [4.78, 5) is 37.4. The van der Waals surface area contributed by atoms with Gasteiger partial charge in [0.25, 0.3) is 11.8 Å². The zero-order valence-corrected chi connectivity index (χ0v) is 14.8. The largest absolute Gasteiger partial charge is 0.497 e. The molecule has 0 aliphatic carbocycles. The van der Waals surface area contributed by atoms with Gasteiger partial charge >= 0.3 is 0 Å². The second-order valence-electron chi connectivity index (χ2n) is 5.59. The molecule has 2 amide bonds. The highest BCUT2D eigenvalue weighted by atomic mass is 35.5. The van der Waals surface area contributed by atoms with Crippen LogP contribution in [0.5, 0.6) is 5.75 Å². The van der Waals surface area contributed by atoms with E-state index in [9.17, 15) is 14.4 Å². The fraction of sp³-hybridized carbons (Fsp3) is 0.105. The van der Waals surface area contributed by atoms with Crippen LogP contribution in [0.4, 0.5) is 11.4 Å². The van der Waals surface area contributed by atoms with Crippen LogP contribution >= 0.6 is 11.6 Å². The number of nitrogens with one attached hydrogen (secondary N) is 1. The molecule has 1 aliphatic rings. The van der Waals surface area contributed by atoms with Crippen molar-refractivity contribution in [1.82, 2.24) is 0 Å². The zero-order valence-electron chi connectivity index (χ0n) is 14.1. The Labute approximate surface area is 155 Å². The molecule has 1 N–H and O–H groups in total. The van der Waals surface area contributed by atoms with Crippen molar-refractivity contribution in [3.8, 4) is 5.75 Å². The van der Waals surface area contributed by atoms with Gasteiger partial charge in [0.15, 0.2) is 5.78 Å². The van der Waals surface area contributed by atoms with Crippen LogP contribution in [0, 0.1) is 0 Å². The van der Waals surface area contributed by atoms with Gasteiger partial charge in [-0.3, -0.25) is 14.4 Å². The predicted molar refractivity (Wildman–Crippen MR) is 98.4 cm³/mol. The van der Waals surface area contributed by atoms with Crippen LogP contribution in [0.2, 0.25) is 0 Å². The number of benzene rings is 2. The van der Waals surface area contributed by atoms with Gasteiger partial charge < -0.3 is 10.1 Å². The number of ketones is 1. The average Bonchev–Trinajstić information content (AvgIpc) is 2.86. The number of imide groups is 1. The summed E-state index contributed by atoms with van der Waals surface area (Å²) < 4.78 is 5.07. The van der Waals surface area contributed by atoms with Crippen LogP contribution < -0.4 is 15.0 Å². The van der Waals surface area contributed by atoms with Gasteiger partial charge in [0.05, 0.1) is 12.8 Å². The van der Waals surface area contributed by atoms with Crippen molar-refractivity contribution >= 4 is 40.6 Å². The number of carbonyl (C=O) groups is 3. The van der Waals surface area contributed by atoms with E-state index in [1.807, 2.05) is 0 Å². The Morgan fingerprint density at radius 1 is 1.00 bits per heavy atom. The van der Waals surface area contributed by atoms with E-state index >= 15 is 0 Å². The number of anilines is 2. The van der Waals surface area contributed by atoms with E-state index in [0.29, 0.717) is 22.7 Å². The lowest BCUT2D eigenvalue weighted by atomic mass is 10.1. The number of amides is 2. The van der Waals surface area contributed by atoms with Crippen LogP contribution in [0.15, 0.2) is 59.3 Å². The van der Waals surface area contributed by atoms with E-state index in [4.69, 9.17) is 16.3 Å². The van der Waals surface area contributed by atoms with Gasteiger partial charge in [-0.15, -0.1) is 0 Å². The third-order valence-electron chi connectivity index (χ3n) is 3.92. The monoisotopic (exact) mass is 370 g/mol. The van der Waals surface area contributed by atoms with Gasteiger partial charge in [-0.05, 0) is 55.5 Å². The highest BCUT2D eigenvalue weighted by Crippen LogP contribution is 2.31. The molecule has 0 saturated heterocycles. The lowest BCUT2D eigenvalue weighted by Gasteiger charge is -2.15. The summed E-state index contributed by atoms with van der Waals surface area (Å²) in [6.45, 7) is 1.47. The second-order valence-corrected chi connectivity index (χ2v) is 5.97. The van der Waals surface area contributed by atoms with E-state index in [1.165, 1.54) is 14.0 Å². The molecule has 0 atom stereocenters. The minimum Gasteiger partial charge on any atom is -0.497 e. The molecule has 0 radical (unpaired) electrons. The van der Waals surface area contributed by atoms with Crippen molar-refractivity contribution < 1.29 is 19.1 Å². The Hall–Kier alpha value is -3.12. The highest BCUT2D eigenvalue weighted by Gasteiger charge is 2.38. The fourth-order valence-corrected chi connectivity index (χ4v) is 2.72. The molecule has 0 saturated carbocycles. The Balaban J connectivity index is 1.85. The van der Waals surface area contributed by atoms with Crippen molar-refractivity contribution in [3.05, 3.63) is 64.8 Å². The summed E-state index contributed by atoms with van der Waals surface area (Å²) >= 11 is 6.08. The summed E-state index contributed by atoms with van der Waals surface area (Å²) in [6.07, 6.45) is 0. The van der Waals surface area contributed by atoms with Crippen LogP contribution in [0.3, 0.4) is 0 Å². The molecule has 3 rings (SSSR count). The molecule has 7 heteroatoms. The molecule has 0 aromatic heterocycles. The molecule has 0 bridgehead atoms. The van der Waals surface area contributed by atoms with Gasteiger partial charge in [0.2, 0.25) is 0 Å². The number of halogens is 1. The molecule has 0 unspecified atom stereocenters. The first kappa shape index (κ1) is 17.7. The van der Waals surface area contributed by atoms with Crippen molar-refractivity contribution in [2.45, 2.75) is 6.92 Å². The lowest BCUT2D eigenvalue weighted by molar-refractivity contribution is -0.120. The Bertz CT molecular complexity index is 918. The van der Waals surface area contributed by atoms with Crippen LogP contribution in [0.1, 0.15) is 17.3 Å². The number of Topliss-reactive ketones (excluding diaryl/α,β-unsaturated/α-hetero) is 1. The molecule has 0 fully saturated rings. The van der Waals surface area contributed by atoms with Crippen LogP contribution in [-0.2, 0) is 9.59 Å². The summed E-state index contributed by atoms with van der Waals surface area (Å²) in [5, 5.41) is 2.67. The van der Waals surface area contributed by atoms with E-state index < -0.39 is 11.8 Å². The number of nitrogens with zero attached hydrogens (tertiary/aromatic N) is 1. The SMILES string of the molecule is COc1ccc(N2C(=O)C(Cl)=C(Nc3ccc(C(C)=O)cc3)C2=O)cc1. The molecule has 1 heterocycles. The topological polar surface area (TPSA) is 75.7 Å². The molecule has 132 valence electrons. The van der Waals surface area contributed by atoms with E-state index in [0.717, 1.165) is 4.90 Å². The first-order valence-corrected chi connectivity index (χ1v) is 8.11. The standard InChI is InChI=1S/C19H15ClN2O4/c1-11(23)12-3-5-13(6-4-12)21-17-16(20)18(24)22(19(17)25)14-7-9-15(26-2)10-8-14/h3-10,21H,1-2H3. The zero-order chi connectivity index (χ0) is 18.8. The highest BCUT2D eigenvalue weighted by molar-refractivity contribution is 6.53. The molecule has 1 aliphatic heterocycles. The third-order valence-corrected chi connectivity index (χ3v) is 4.27. The van der Waals surface area contributed by atoms with Crippen molar-refractivity contribution in [2.24, 2.45) is 0 Å². The maximum atomic E-state index is 12.7. The van der Waals surface area contributed by atoms with E-state index in [1.54, 1.807) is 48.5 Å². The van der Waals surface area contributed by atoms with Crippen molar-refractivity contribution in [1.29, 1.82) is 0 Å². The number of carbonyl (C=O) groups excluding carboxylic acids is 3. The number of hydrogen-bond donors (Lipinski definition) is 1. The van der Waals surface area contributed by atoms with Crippen molar-refractivity contribution in [3.63, 3.8) is 0 Å². The summed E-state index contributed by atoms with van der Waals surface area (Å²) in [7, 11) is 1.53. The Morgan fingerprint density at radius 2 is 1.62 bits per heavy atom. The molecule has 2 aromatic carbocycles. The maximum absolute atomic E-state index is 12.7. The van der Waals surface area contributed by atoms with E-state index in [2.05, 4.69) is 5.32 Å². The number of rotatable bonds is 5. The first-order chi connectivity index (χ1) is 12.4. The van der Waals surface area contributed by atoms with Gasteiger partial charge in [0, 0.05) is 11.3 Å². The summed E-state index contributed by atoms with van der Waals surface area (Å²) in [5.74, 6) is -0.618. The number of methoxy groups -OCH3 is 1. The normalized spacial score (nSPS) is 14.0. The first-order valence-electron chi connectivity index (χ1n) is 7.73. The summed E-state index contributed by atoms with van der Waals surface area (Å²) in [6, 6.07) is 13.0. The van der Waals surface area contributed by atoms with Crippen LogP contribution in [-0.4, -0.2) is 24.7 Å². The molecule has 0 spiro atoms. The molecular weight excluding hydrogens is 356 g/mol. The van der Waals surface area contributed by atoms with Crippen molar-refractivity contribution in [2.75, 3.05) is 17.3 Å². The smallest absolute Gasteiger partial charge is 0.283 e. The molecule has 6 nitrogen and oxygen atoms in total. The average molecular weight is 371 g/mol. The lowest BCUT2D eigenvalue weighted by Crippen LogP contribution is -2.32. The molecule has 2 aromatic rings. The quantitative estimate of drug-likeness (QED) is 0.645. The second kappa shape index (κ2) is 7.01. The number of hydrogen-bond acceptors (Lipinski definition) is 5. The van der Waals surface area contributed by atoms with Gasteiger partial charge in [-0.2, -0.15) is 0 Å². The Kier molecular flexibility index (Phi) is 4.77. The fourth-order valence-electron chi connectivity index (χ4n) is 2.51. The number of ether oxygens (including phenoxy) is 1. The third kappa shape index (κ3) is 3.19. The van der Waals surface area contributed by atoms with E-state index in [-0.39, 0.29) is 16.5 Å². The van der Waals surface area contributed by atoms with Gasteiger partial charge in [-0.1, -0.05) is 11.6 Å². The molecular formula is C19H15ClN2O4. The molecule has 26 heavy (non-hydrogen) atoms.